The van der Waals surface area contributed by atoms with Crippen LogP contribution in [-0.2, 0) is 5.92 Å². The second-order valence-electron chi connectivity index (χ2n) is 4.36. The van der Waals surface area contributed by atoms with E-state index in [9.17, 15) is 22.0 Å². The van der Waals surface area contributed by atoms with Crippen LogP contribution in [-0.4, -0.2) is 47.0 Å². The number of nitrogens with one attached hydrogen (secondary N) is 2. The van der Waals surface area contributed by atoms with Crippen LogP contribution in [0.4, 0.5) is 27.9 Å². The molecule has 2 rings (SSSR count). The van der Waals surface area contributed by atoms with Gasteiger partial charge in [-0.3, -0.25) is 5.10 Å². The van der Waals surface area contributed by atoms with Crippen LogP contribution in [0.5, 0.6) is 0 Å². The third-order valence-corrected chi connectivity index (χ3v) is 2.78. The number of anilines is 1. The molecule has 1 atom stereocenters. The van der Waals surface area contributed by atoms with Crippen LogP contribution < -0.4 is 10.2 Å². The lowest BCUT2D eigenvalue weighted by Gasteiger charge is -2.30. The SMILES string of the molecule is CC1CN(c2n[nH]c(C(F)(F)C(F)(F)F)n2)CCN1. The van der Waals surface area contributed by atoms with Crippen molar-refractivity contribution in [3.63, 3.8) is 0 Å². The van der Waals surface area contributed by atoms with Crippen molar-refractivity contribution in [3.8, 4) is 0 Å². The van der Waals surface area contributed by atoms with Crippen molar-refractivity contribution in [2.75, 3.05) is 24.5 Å². The zero-order valence-corrected chi connectivity index (χ0v) is 9.93. The van der Waals surface area contributed by atoms with E-state index in [-0.39, 0.29) is 12.0 Å². The largest absolute Gasteiger partial charge is 0.461 e. The maximum Gasteiger partial charge on any atom is 0.461 e. The molecule has 0 saturated carbocycles. The molecule has 0 spiro atoms. The summed E-state index contributed by atoms with van der Waals surface area (Å²) in [5, 5.41) is 8.22. The highest BCUT2D eigenvalue weighted by molar-refractivity contribution is 5.31. The van der Waals surface area contributed by atoms with Gasteiger partial charge in [-0.05, 0) is 6.92 Å². The minimum atomic E-state index is -5.69. The lowest BCUT2D eigenvalue weighted by atomic mass is 10.2. The number of H-pyrrole nitrogens is 1. The van der Waals surface area contributed by atoms with Gasteiger partial charge >= 0.3 is 12.1 Å². The molecule has 0 aromatic carbocycles. The van der Waals surface area contributed by atoms with Crippen LogP contribution in [0.2, 0.25) is 0 Å². The maximum atomic E-state index is 13.0. The Morgan fingerprint density at radius 2 is 1.95 bits per heavy atom. The van der Waals surface area contributed by atoms with E-state index in [4.69, 9.17) is 0 Å². The molecule has 1 saturated heterocycles. The Bertz CT molecular complexity index is 442. The summed E-state index contributed by atoms with van der Waals surface area (Å²) >= 11 is 0. The maximum absolute atomic E-state index is 13.0. The van der Waals surface area contributed by atoms with E-state index in [1.807, 2.05) is 6.92 Å². The number of nitrogens with zero attached hydrogens (tertiary/aromatic N) is 3. The van der Waals surface area contributed by atoms with Gasteiger partial charge in [-0.15, -0.1) is 5.10 Å². The first kappa shape index (κ1) is 14.0. The molecule has 19 heavy (non-hydrogen) atoms. The first-order chi connectivity index (χ1) is 8.72. The van der Waals surface area contributed by atoms with Crippen molar-refractivity contribution in [1.29, 1.82) is 0 Å². The van der Waals surface area contributed by atoms with E-state index in [0.29, 0.717) is 19.6 Å². The standard InChI is InChI=1S/C9H12F5N5/c1-5-4-19(3-2-15-5)7-16-6(17-18-7)8(10,11)9(12,13)14/h5,15H,2-4H2,1H3,(H,16,17,18). The van der Waals surface area contributed by atoms with Gasteiger partial charge in [0.2, 0.25) is 11.8 Å². The smallest absolute Gasteiger partial charge is 0.337 e. The van der Waals surface area contributed by atoms with Crippen molar-refractivity contribution in [2.45, 2.75) is 25.1 Å². The van der Waals surface area contributed by atoms with Gasteiger partial charge in [0.25, 0.3) is 0 Å². The van der Waals surface area contributed by atoms with Crippen LogP contribution in [0.1, 0.15) is 12.7 Å². The number of aromatic nitrogens is 3. The van der Waals surface area contributed by atoms with Crippen molar-refractivity contribution < 1.29 is 22.0 Å². The first-order valence-corrected chi connectivity index (χ1v) is 5.57. The molecule has 0 aliphatic carbocycles. The molecule has 5 nitrogen and oxygen atoms in total. The highest BCUT2D eigenvalue weighted by Crippen LogP contribution is 2.42. The fourth-order valence-electron chi connectivity index (χ4n) is 1.78. The van der Waals surface area contributed by atoms with E-state index in [0.717, 1.165) is 0 Å². The van der Waals surface area contributed by atoms with Gasteiger partial charge in [-0.2, -0.15) is 26.9 Å². The van der Waals surface area contributed by atoms with Gasteiger partial charge in [0.05, 0.1) is 0 Å². The van der Waals surface area contributed by atoms with E-state index >= 15 is 0 Å². The average Bonchev–Trinajstić information content (AvgIpc) is 2.77. The zero-order valence-electron chi connectivity index (χ0n) is 9.93. The fourth-order valence-corrected chi connectivity index (χ4v) is 1.78. The Balaban J connectivity index is 2.19. The van der Waals surface area contributed by atoms with Crippen LogP contribution in [0.3, 0.4) is 0 Å². The third kappa shape index (κ3) is 2.62. The molecule has 1 fully saturated rings. The minimum absolute atomic E-state index is 0.0822. The molecular weight excluding hydrogens is 273 g/mol. The second-order valence-corrected chi connectivity index (χ2v) is 4.36. The number of alkyl halides is 5. The van der Waals surface area contributed by atoms with E-state index in [2.05, 4.69) is 15.4 Å². The summed E-state index contributed by atoms with van der Waals surface area (Å²) in [5.41, 5.74) is 0. The molecular formula is C9H12F5N5. The lowest BCUT2D eigenvalue weighted by molar-refractivity contribution is -0.292. The molecule has 0 amide bonds. The predicted molar refractivity (Wildman–Crippen MR) is 56.0 cm³/mol. The minimum Gasteiger partial charge on any atom is -0.337 e. The third-order valence-electron chi connectivity index (χ3n) is 2.78. The number of piperazine rings is 1. The van der Waals surface area contributed by atoms with E-state index < -0.39 is 17.9 Å². The summed E-state index contributed by atoms with van der Waals surface area (Å²) in [4.78, 5) is 4.82. The zero-order chi connectivity index (χ0) is 14.3. The average molecular weight is 285 g/mol. The highest BCUT2D eigenvalue weighted by atomic mass is 19.4. The molecule has 0 radical (unpaired) electrons. The van der Waals surface area contributed by atoms with Gasteiger partial charge in [0, 0.05) is 25.7 Å². The normalized spacial score (nSPS) is 21.8. The Hall–Kier alpha value is -1.45. The molecule has 1 aliphatic heterocycles. The molecule has 2 N–H and O–H groups in total. The number of hydrogen-bond donors (Lipinski definition) is 2. The quantitative estimate of drug-likeness (QED) is 0.803. The summed E-state index contributed by atoms with van der Waals surface area (Å²) in [5.74, 6) is -6.66. The Morgan fingerprint density at radius 1 is 1.26 bits per heavy atom. The number of halogens is 5. The van der Waals surface area contributed by atoms with Gasteiger partial charge < -0.3 is 10.2 Å². The van der Waals surface area contributed by atoms with Gasteiger partial charge in [-0.1, -0.05) is 0 Å². The van der Waals surface area contributed by atoms with Gasteiger partial charge in [0.15, 0.2) is 0 Å². The molecule has 2 heterocycles. The van der Waals surface area contributed by atoms with E-state index in [1.165, 1.54) is 0 Å². The summed E-state index contributed by atoms with van der Waals surface area (Å²) < 4.78 is 62.6. The van der Waals surface area contributed by atoms with Crippen LogP contribution in [0.25, 0.3) is 0 Å². The topological polar surface area (TPSA) is 56.8 Å². The Morgan fingerprint density at radius 3 is 2.53 bits per heavy atom. The van der Waals surface area contributed by atoms with Crippen molar-refractivity contribution in [3.05, 3.63) is 5.82 Å². The monoisotopic (exact) mass is 285 g/mol. The summed E-state index contributed by atoms with van der Waals surface area (Å²) in [6.07, 6.45) is -5.69. The molecule has 108 valence electrons. The highest BCUT2D eigenvalue weighted by Gasteiger charge is 2.61. The molecule has 10 heteroatoms. The number of rotatable bonds is 2. The molecule has 1 aromatic heterocycles. The van der Waals surface area contributed by atoms with Crippen molar-refractivity contribution in [2.24, 2.45) is 0 Å². The number of aromatic amines is 1. The van der Waals surface area contributed by atoms with Gasteiger partial charge in [-0.25, -0.2) is 0 Å². The first-order valence-electron chi connectivity index (χ1n) is 5.57. The predicted octanol–water partition coefficient (Wildman–Crippen LogP) is 1.26. The number of hydrogen-bond acceptors (Lipinski definition) is 4. The lowest BCUT2D eigenvalue weighted by Crippen LogP contribution is -2.49. The molecule has 1 aliphatic rings. The molecule has 0 bridgehead atoms. The summed E-state index contributed by atoms with van der Waals surface area (Å²) in [6.45, 7) is 3.33. The fraction of sp³-hybridized carbons (Fsp3) is 0.778. The van der Waals surface area contributed by atoms with Gasteiger partial charge in [0.1, 0.15) is 0 Å². The van der Waals surface area contributed by atoms with Crippen LogP contribution in [0.15, 0.2) is 0 Å². The Labute approximate surface area is 105 Å². The molecule has 1 aromatic rings. The van der Waals surface area contributed by atoms with Crippen molar-refractivity contribution >= 4 is 5.95 Å². The molecule has 1 unspecified atom stereocenters. The summed E-state index contributed by atoms with van der Waals surface area (Å²) in [7, 11) is 0. The second kappa shape index (κ2) is 4.58. The summed E-state index contributed by atoms with van der Waals surface area (Å²) in [6, 6.07) is 0.0822. The van der Waals surface area contributed by atoms with Crippen molar-refractivity contribution in [1.82, 2.24) is 20.5 Å². The van der Waals surface area contributed by atoms with Crippen LogP contribution >= 0.6 is 0 Å². The Kier molecular flexibility index (Phi) is 3.37. The van der Waals surface area contributed by atoms with Crippen LogP contribution in [0, 0.1) is 0 Å². The van der Waals surface area contributed by atoms with E-state index in [1.54, 1.807) is 10.00 Å².